The maximum Gasteiger partial charge on any atom is 0.283 e. The molecule has 0 saturated heterocycles. The third kappa shape index (κ3) is 4.47. The molecule has 8 nitrogen and oxygen atoms in total. The van der Waals surface area contributed by atoms with Gasteiger partial charge in [-0.15, -0.1) is 5.10 Å². The Balaban J connectivity index is 1.30. The number of hydrogen-bond acceptors (Lipinski definition) is 6. The highest BCUT2D eigenvalue weighted by atomic mass is 35.5. The topological polar surface area (TPSA) is 81.8 Å². The highest BCUT2D eigenvalue weighted by Crippen LogP contribution is 2.34. The van der Waals surface area contributed by atoms with E-state index in [-0.39, 0.29) is 18.6 Å². The summed E-state index contributed by atoms with van der Waals surface area (Å²) >= 11 is 6.11. The second kappa shape index (κ2) is 9.55. The number of ether oxygens (including phenoxy) is 1. The van der Waals surface area contributed by atoms with Gasteiger partial charge in [0.25, 0.3) is 5.91 Å². The van der Waals surface area contributed by atoms with Gasteiger partial charge >= 0.3 is 0 Å². The van der Waals surface area contributed by atoms with E-state index in [1.165, 1.54) is 9.85 Å². The van der Waals surface area contributed by atoms with Crippen molar-refractivity contribution in [1.82, 2.24) is 20.2 Å². The summed E-state index contributed by atoms with van der Waals surface area (Å²) in [5.74, 6) is 0.442. The van der Waals surface area contributed by atoms with Crippen LogP contribution in [-0.2, 0) is 4.79 Å². The maximum absolute atomic E-state index is 13.4. The van der Waals surface area contributed by atoms with Crippen molar-refractivity contribution < 1.29 is 14.4 Å². The van der Waals surface area contributed by atoms with Crippen molar-refractivity contribution >= 4 is 45.0 Å². The lowest BCUT2D eigenvalue weighted by Gasteiger charge is -2.22. The maximum atomic E-state index is 13.4. The van der Waals surface area contributed by atoms with Crippen LogP contribution in [0, 0.1) is 0 Å². The number of methoxy groups -OCH3 is 1. The summed E-state index contributed by atoms with van der Waals surface area (Å²) in [6.07, 6.45) is 0.568. The first-order chi connectivity index (χ1) is 18.1. The van der Waals surface area contributed by atoms with E-state index >= 15 is 0 Å². The third-order valence-corrected chi connectivity index (χ3v) is 6.67. The van der Waals surface area contributed by atoms with Crippen LogP contribution in [-0.4, -0.2) is 45.5 Å². The number of fused-ring (bicyclic) bond motifs is 2. The Hall–Kier alpha value is -4.43. The SMILES string of the molecule is COc1ccc([C@@H]2CC(c3ccc4ccccc4c3)=NN2C(=O)COn2nnc3ccc(Cl)cc32)cc1. The molecule has 4 aromatic carbocycles. The van der Waals surface area contributed by atoms with Crippen LogP contribution in [0.1, 0.15) is 23.6 Å². The van der Waals surface area contributed by atoms with Crippen molar-refractivity contribution in [3.05, 3.63) is 101 Å². The minimum absolute atomic E-state index is 0.272. The Bertz CT molecular complexity index is 1650. The number of rotatable bonds is 6. The molecule has 184 valence electrons. The Labute approximate surface area is 217 Å². The van der Waals surface area contributed by atoms with E-state index in [0.29, 0.717) is 22.5 Å². The molecule has 5 aromatic rings. The van der Waals surface area contributed by atoms with Crippen LogP contribution in [0.2, 0.25) is 5.02 Å². The molecular formula is C28H22ClN5O3. The van der Waals surface area contributed by atoms with E-state index in [9.17, 15) is 4.79 Å². The minimum atomic E-state index is -0.303. The lowest BCUT2D eigenvalue weighted by molar-refractivity contribution is -0.138. The van der Waals surface area contributed by atoms with Crippen molar-refractivity contribution in [2.24, 2.45) is 5.10 Å². The van der Waals surface area contributed by atoms with Crippen LogP contribution in [0.4, 0.5) is 0 Å². The smallest absolute Gasteiger partial charge is 0.283 e. The van der Waals surface area contributed by atoms with Crippen LogP contribution in [0.5, 0.6) is 5.75 Å². The van der Waals surface area contributed by atoms with Gasteiger partial charge in [0.1, 0.15) is 16.8 Å². The second-order valence-corrected chi connectivity index (χ2v) is 9.15. The van der Waals surface area contributed by atoms with Crippen molar-refractivity contribution in [1.29, 1.82) is 0 Å². The van der Waals surface area contributed by atoms with Crippen LogP contribution in [0.25, 0.3) is 21.8 Å². The molecule has 1 amide bonds. The van der Waals surface area contributed by atoms with E-state index in [1.54, 1.807) is 25.3 Å². The zero-order valence-electron chi connectivity index (χ0n) is 19.9. The zero-order chi connectivity index (χ0) is 25.4. The van der Waals surface area contributed by atoms with Crippen molar-refractivity contribution in [2.45, 2.75) is 12.5 Å². The fraction of sp³-hybridized carbons (Fsp3) is 0.143. The van der Waals surface area contributed by atoms with Crippen molar-refractivity contribution in [2.75, 3.05) is 13.7 Å². The fourth-order valence-corrected chi connectivity index (χ4v) is 4.68. The van der Waals surface area contributed by atoms with Gasteiger partial charge in [0.2, 0.25) is 0 Å². The Morgan fingerprint density at radius 1 is 1.00 bits per heavy atom. The molecule has 6 rings (SSSR count). The minimum Gasteiger partial charge on any atom is -0.497 e. The normalized spacial score (nSPS) is 15.2. The molecule has 9 heteroatoms. The number of nitrogens with zero attached hydrogens (tertiary/aromatic N) is 5. The Morgan fingerprint density at radius 3 is 2.62 bits per heavy atom. The number of hydrazone groups is 1. The zero-order valence-corrected chi connectivity index (χ0v) is 20.7. The van der Waals surface area contributed by atoms with Gasteiger partial charge in [0, 0.05) is 11.4 Å². The molecule has 1 aliphatic rings. The van der Waals surface area contributed by atoms with E-state index in [1.807, 2.05) is 42.5 Å². The van der Waals surface area contributed by atoms with Gasteiger partial charge in [-0.2, -0.15) is 5.10 Å². The first-order valence-corrected chi connectivity index (χ1v) is 12.1. The van der Waals surface area contributed by atoms with E-state index in [0.717, 1.165) is 33.4 Å². The van der Waals surface area contributed by atoms with Crippen LogP contribution < -0.4 is 9.57 Å². The molecule has 0 fully saturated rings. The van der Waals surface area contributed by atoms with Crippen LogP contribution in [0.3, 0.4) is 0 Å². The van der Waals surface area contributed by atoms with E-state index < -0.39 is 0 Å². The fourth-order valence-electron chi connectivity index (χ4n) is 4.52. The van der Waals surface area contributed by atoms with Crippen molar-refractivity contribution in [3.63, 3.8) is 0 Å². The quantitative estimate of drug-likeness (QED) is 0.318. The second-order valence-electron chi connectivity index (χ2n) is 8.71. The van der Waals surface area contributed by atoms with Crippen LogP contribution >= 0.6 is 11.6 Å². The molecule has 1 aromatic heterocycles. The molecule has 0 unspecified atom stereocenters. The standard InChI is InChI=1S/C28H22ClN5O3/c1-36-23-11-8-19(9-12-23)26-16-25(21-7-6-18-4-2-3-5-20(18)14-21)31-33(26)28(35)17-37-34-27-15-22(29)10-13-24(27)30-32-34/h2-15,26H,16-17H2,1H3/t26-/m0/s1. The van der Waals surface area contributed by atoms with Gasteiger partial charge in [-0.3, -0.25) is 4.79 Å². The lowest BCUT2D eigenvalue weighted by atomic mass is 9.97. The molecule has 0 radical (unpaired) electrons. The van der Waals surface area contributed by atoms with Gasteiger partial charge in [-0.25, -0.2) is 5.01 Å². The number of benzene rings is 4. The van der Waals surface area contributed by atoms with Gasteiger partial charge in [-0.1, -0.05) is 65.0 Å². The van der Waals surface area contributed by atoms with Gasteiger partial charge in [-0.05, 0) is 63.5 Å². The first-order valence-electron chi connectivity index (χ1n) is 11.8. The predicted octanol–water partition coefficient (Wildman–Crippen LogP) is 5.05. The molecule has 1 atom stereocenters. The van der Waals surface area contributed by atoms with Gasteiger partial charge in [0.05, 0.1) is 18.9 Å². The molecule has 0 aliphatic carbocycles. The third-order valence-electron chi connectivity index (χ3n) is 6.44. The number of carbonyl (C=O) groups excluding carboxylic acids is 1. The van der Waals surface area contributed by atoms with Crippen LogP contribution in [0.15, 0.2) is 90.0 Å². The average Bonchev–Trinajstić information content (AvgIpc) is 3.56. The molecule has 37 heavy (non-hydrogen) atoms. The largest absolute Gasteiger partial charge is 0.497 e. The number of hydrogen-bond donors (Lipinski definition) is 0. The van der Waals surface area contributed by atoms with Gasteiger partial charge < -0.3 is 9.57 Å². The number of aromatic nitrogens is 3. The number of carbonyl (C=O) groups is 1. The summed E-state index contributed by atoms with van der Waals surface area (Å²) < 4.78 is 5.31. The molecule has 0 N–H and O–H groups in total. The molecule has 2 heterocycles. The highest BCUT2D eigenvalue weighted by molar-refractivity contribution is 6.31. The summed E-state index contributed by atoms with van der Waals surface area (Å²) in [6.45, 7) is -0.272. The summed E-state index contributed by atoms with van der Waals surface area (Å²) in [5.41, 5.74) is 3.95. The predicted molar refractivity (Wildman–Crippen MR) is 142 cm³/mol. The molecule has 0 spiro atoms. The lowest BCUT2D eigenvalue weighted by Crippen LogP contribution is -2.34. The average molecular weight is 512 g/mol. The Morgan fingerprint density at radius 2 is 1.81 bits per heavy atom. The summed E-state index contributed by atoms with van der Waals surface area (Å²) in [4.78, 5) is 20.3. The monoisotopic (exact) mass is 511 g/mol. The Kier molecular flexibility index (Phi) is 5.94. The summed E-state index contributed by atoms with van der Waals surface area (Å²) in [6, 6.07) is 26.9. The van der Waals surface area contributed by atoms with Crippen molar-refractivity contribution in [3.8, 4) is 5.75 Å². The summed E-state index contributed by atoms with van der Waals surface area (Å²) in [7, 11) is 1.62. The molecule has 1 aliphatic heterocycles. The van der Waals surface area contributed by atoms with E-state index in [2.05, 4.69) is 34.6 Å². The summed E-state index contributed by atoms with van der Waals surface area (Å²) in [5, 5.41) is 17.1. The number of halogens is 1. The highest BCUT2D eigenvalue weighted by Gasteiger charge is 2.33. The molecular weight excluding hydrogens is 490 g/mol. The molecule has 0 saturated carbocycles. The van der Waals surface area contributed by atoms with E-state index in [4.69, 9.17) is 26.3 Å². The number of amides is 1. The first kappa shape index (κ1) is 23.0. The van der Waals surface area contributed by atoms with Gasteiger partial charge in [0.15, 0.2) is 6.61 Å². The molecule has 0 bridgehead atoms.